The number of amides is 1. The van der Waals surface area contributed by atoms with Crippen LogP contribution in [0.3, 0.4) is 0 Å². The Labute approximate surface area is 198 Å². The molecule has 3 aromatic rings. The summed E-state index contributed by atoms with van der Waals surface area (Å²) < 4.78 is 12.2. The van der Waals surface area contributed by atoms with Crippen LogP contribution in [-0.4, -0.2) is 56.6 Å². The molecule has 0 aliphatic heterocycles. The van der Waals surface area contributed by atoms with E-state index in [9.17, 15) is 14.4 Å². The molecule has 0 bridgehead atoms. The fraction of sp³-hybridized carbons (Fsp3) is 0.400. The van der Waals surface area contributed by atoms with Gasteiger partial charge in [0.15, 0.2) is 10.3 Å². The maximum atomic E-state index is 13.1. The SMILES string of the molecule is CCOC(=O)CSc1nnc(N)n1C(CC)C(=O)Nc1nc2ccc(C(=O)OCC)cc2s1. The quantitative estimate of drug-likeness (QED) is 0.319. The Bertz CT molecular complexity index is 1160. The predicted molar refractivity (Wildman–Crippen MR) is 125 cm³/mol. The molecule has 0 aliphatic carbocycles. The van der Waals surface area contributed by atoms with E-state index in [1.54, 1.807) is 32.0 Å². The molecule has 0 aliphatic rings. The standard InChI is InChI=1S/C20H24N6O5S2/c1-4-13(26-18(21)24-25-20(26)32-10-15(27)30-5-2)16(28)23-19-22-12-8-7-11(9-14(12)33-19)17(29)31-6-3/h7-9,13H,4-6,10H2,1-3H3,(H2,21,24)(H,22,23,28). The van der Waals surface area contributed by atoms with Crippen LogP contribution < -0.4 is 11.1 Å². The summed E-state index contributed by atoms with van der Waals surface area (Å²) in [7, 11) is 0. The number of hydrogen-bond acceptors (Lipinski definition) is 11. The van der Waals surface area contributed by atoms with E-state index in [1.165, 1.54) is 15.9 Å². The summed E-state index contributed by atoms with van der Waals surface area (Å²) in [5.41, 5.74) is 7.03. The van der Waals surface area contributed by atoms with Gasteiger partial charge in [0.2, 0.25) is 11.9 Å². The van der Waals surface area contributed by atoms with Crippen molar-refractivity contribution in [3.8, 4) is 0 Å². The second-order valence-corrected chi connectivity index (χ2v) is 8.61. The van der Waals surface area contributed by atoms with Gasteiger partial charge in [-0.1, -0.05) is 30.0 Å². The highest BCUT2D eigenvalue weighted by atomic mass is 32.2. The van der Waals surface area contributed by atoms with Crippen LogP contribution in [0.5, 0.6) is 0 Å². The highest BCUT2D eigenvalue weighted by molar-refractivity contribution is 7.99. The van der Waals surface area contributed by atoms with Crippen molar-refractivity contribution in [1.82, 2.24) is 19.7 Å². The molecule has 2 aromatic heterocycles. The molecule has 1 unspecified atom stereocenters. The van der Waals surface area contributed by atoms with Gasteiger partial charge in [0.1, 0.15) is 6.04 Å². The van der Waals surface area contributed by atoms with Crippen LogP contribution in [0.2, 0.25) is 0 Å². The van der Waals surface area contributed by atoms with Crippen molar-refractivity contribution in [3.05, 3.63) is 23.8 Å². The lowest BCUT2D eigenvalue weighted by Gasteiger charge is -2.18. The average molecular weight is 493 g/mol. The maximum Gasteiger partial charge on any atom is 0.338 e. The number of rotatable bonds is 10. The van der Waals surface area contributed by atoms with Gasteiger partial charge in [0.05, 0.1) is 34.7 Å². The summed E-state index contributed by atoms with van der Waals surface area (Å²) >= 11 is 2.33. The molecule has 1 atom stereocenters. The monoisotopic (exact) mass is 492 g/mol. The normalized spacial score (nSPS) is 11.8. The molecule has 0 saturated carbocycles. The van der Waals surface area contributed by atoms with E-state index in [-0.39, 0.29) is 30.8 Å². The zero-order valence-electron chi connectivity index (χ0n) is 18.4. The van der Waals surface area contributed by atoms with Crippen molar-refractivity contribution in [2.75, 3.05) is 30.0 Å². The van der Waals surface area contributed by atoms with Gasteiger partial charge in [-0.25, -0.2) is 9.78 Å². The number of nitrogens with one attached hydrogen (secondary N) is 1. The minimum absolute atomic E-state index is 0.0185. The molecule has 13 heteroatoms. The van der Waals surface area contributed by atoms with Crippen LogP contribution in [0.15, 0.2) is 23.4 Å². The lowest BCUT2D eigenvalue weighted by atomic mass is 10.2. The number of fused-ring (bicyclic) bond motifs is 1. The van der Waals surface area contributed by atoms with E-state index >= 15 is 0 Å². The molecule has 1 amide bonds. The fourth-order valence-corrected chi connectivity index (χ4v) is 4.70. The van der Waals surface area contributed by atoms with Crippen molar-refractivity contribution in [3.63, 3.8) is 0 Å². The smallest absolute Gasteiger partial charge is 0.338 e. The summed E-state index contributed by atoms with van der Waals surface area (Å²) in [6.07, 6.45) is 0.402. The summed E-state index contributed by atoms with van der Waals surface area (Å²) in [6.45, 7) is 5.85. The zero-order valence-corrected chi connectivity index (χ0v) is 20.0. The highest BCUT2D eigenvalue weighted by Gasteiger charge is 2.26. The number of thioether (sulfide) groups is 1. The van der Waals surface area contributed by atoms with Crippen LogP contribution in [-0.2, 0) is 19.1 Å². The van der Waals surface area contributed by atoms with Gasteiger partial charge in [-0.15, -0.1) is 10.2 Å². The number of esters is 2. The van der Waals surface area contributed by atoms with Gasteiger partial charge in [-0.3, -0.25) is 14.2 Å². The van der Waals surface area contributed by atoms with Crippen molar-refractivity contribution in [1.29, 1.82) is 0 Å². The number of aromatic nitrogens is 4. The summed E-state index contributed by atoms with van der Waals surface area (Å²) in [6, 6.07) is 4.30. The van der Waals surface area contributed by atoms with Crippen LogP contribution >= 0.6 is 23.1 Å². The number of carbonyl (C=O) groups excluding carboxylic acids is 3. The third kappa shape index (κ3) is 5.79. The van der Waals surface area contributed by atoms with E-state index in [0.29, 0.717) is 27.8 Å². The first-order valence-electron chi connectivity index (χ1n) is 10.2. The van der Waals surface area contributed by atoms with Gasteiger partial charge >= 0.3 is 11.9 Å². The third-order valence-corrected chi connectivity index (χ3v) is 6.30. The number of nitrogens with two attached hydrogens (primary N) is 1. The van der Waals surface area contributed by atoms with E-state index in [0.717, 1.165) is 16.5 Å². The van der Waals surface area contributed by atoms with E-state index in [2.05, 4.69) is 20.5 Å². The highest BCUT2D eigenvalue weighted by Crippen LogP contribution is 2.30. The number of anilines is 2. The van der Waals surface area contributed by atoms with Gasteiger partial charge in [-0.05, 0) is 38.5 Å². The Kier molecular flexibility index (Phi) is 8.22. The van der Waals surface area contributed by atoms with Crippen LogP contribution in [0.1, 0.15) is 43.6 Å². The summed E-state index contributed by atoms with van der Waals surface area (Å²) in [4.78, 5) is 41.1. The number of ether oxygens (including phenoxy) is 2. The maximum absolute atomic E-state index is 13.1. The van der Waals surface area contributed by atoms with Gasteiger partial charge in [0.25, 0.3) is 0 Å². The largest absolute Gasteiger partial charge is 0.465 e. The molecule has 0 spiro atoms. The molecule has 3 rings (SSSR count). The molecule has 1 aromatic carbocycles. The van der Waals surface area contributed by atoms with E-state index in [4.69, 9.17) is 15.2 Å². The second-order valence-electron chi connectivity index (χ2n) is 6.64. The van der Waals surface area contributed by atoms with Crippen molar-refractivity contribution < 1.29 is 23.9 Å². The van der Waals surface area contributed by atoms with Gasteiger partial charge in [-0.2, -0.15) is 0 Å². The molecule has 0 fully saturated rings. The first-order valence-corrected chi connectivity index (χ1v) is 12.0. The Morgan fingerprint density at radius 2 is 1.94 bits per heavy atom. The van der Waals surface area contributed by atoms with Crippen LogP contribution in [0.25, 0.3) is 10.2 Å². The van der Waals surface area contributed by atoms with Crippen LogP contribution in [0.4, 0.5) is 11.1 Å². The number of thiazole rings is 1. The van der Waals surface area contributed by atoms with Gasteiger partial charge < -0.3 is 20.5 Å². The molecule has 0 saturated heterocycles. The first kappa shape index (κ1) is 24.5. The minimum Gasteiger partial charge on any atom is -0.465 e. The number of carbonyl (C=O) groups is 3. The van der Waals surface area contributed by atoms with E-state index < -0.39 is 18.0 Å². The zero-order chi connectivity index (χ0) is 24.0. The van der Waals surface area contributed by atoms with Crippen molar-refractivity contribution in [2.45, 2.75) is 38.4 Å². The molecule has 3 N–H and O–H groups in total. The summed E-state index contributed by atoms with van der Waals surface area (Å²) in [5, 5.41) is 11.4. The van der Waals surface area contributed by atoms with E-state index in [1.807, 2.05) is 6.92 Å². The predicted octanol–water partition coefficient (Wildman–Crippen LogP) is 2.89. The number of benzene rings is 1. The second kappa shape index (κ2) is 11.1. The third-order valence-electron chi connectivity index (χ3n) is 4.45. The molecule has 0 radical (unpaired) electrons. The molecule has 11 nitrogen and oxygen atoms in total. The molecule has 2 heterocycles. The van der Waals surface area contributed by atoms with Crippen molar-refractivity contribution >= 4 is 62.2 Å². The Morgan fingerprint density at radius 3 is 2.64 bits per heavy atom. The van der Waals surface area contributed by atoms with Crippen LogP contribution in [0, 0.1) is 0 Å². The number of nitrogens with zero attached hydrogens (tertiary/aromatic N) is 4. The first-order chi connectivity index (χ1) is 15.9. The Balaban J connectivity index is 1.77. The molecule has 176 valence electrons. The Hall–Kier alpha value is -3.19. The van der Waals surface area contributed by atoms with Crippen molar-refractivity contribution in [2.24, 2.45) is 0 Å². The minimum atomic E-state index is -0.716. The molecule has 33 heavy (non-hydrogen) atoms. The average Bonchev–Trinajstić information content (AvgIpc) is 3.35. The lowest BCUT2D eigenvalue weighted by molar-refractivity contribution is -0.139. The fourth-order valence-electron chi connectivity index (χ4n) is 3.00. The van der Waals surface area contributed by atoms with Gasteiger partial charge in [0, 0.05) is 0 Å². The number of hydrogen-bond donors (Lipinski definition) is 2. The topological polar surface area (TPSA) is 151 Å². The molecular weight excluding hydrogens is 468 g/mol. The number of nitrogen functional groups attached to an aromatic ring is 1. The Morgan fingerprint density at radius 1 is 1.18 bits per heavy atom. The lowest BCUT2D eigenvalue weighted by Crippen LogP contribution is -2.27. The molecular formula is C20H24N6O5S2. The summed E-state index contributed by atoms with van der Waals surface area (Å²) in [5.74, 6) is -1.09.